The number of terminal acetylenes is 1. The zero-order valence-electron chi connectivity index (χ0n) is 7.68. The van der Waals surface area contributed by atoms with E-state index in [0.29, 0.717) is 13.0 Å². The number of nitrogens with zero attached hydrogens (tertiary/aromatic N) is 2. The first-order valence-corrected chi connectivity index (χ1v) is 4.48. The molecule has 70 valence electrons. The molecule has 0 spiro atoms. The molecular weight excluding hydrogens is 176 g/mol. The summed E-state index contributed by atoms with van der Waals surface area (Å²) < 4.78 is 0. The van der Waals surface area contributed by atoms with Crippen LogP contribution >= 0.6 is 0 Å². The van der Waals surface area contributed by atoms with Crippen molar-refractivity contribution in [2.45, 2.75) is 6.42 Å². The van der Waals surface area contributed by atoms with Crippen molar-refractivity contribution in [2.75, 3.05) is 11.4 Å². The van der Waals surface area contributed by atoms with Gasteiger partial charge in [-0.1, -0.05) is 0 Å². The highest BCUT2D eigenvalue weighted by Gasteiger charge is 2.28. The van der Waals surface area contributed by atoms with Crippen LogP contribution in [0.3, 0.4) is 0 Å². The van der Waals surface area contributed by atoms with E-state index in [-0.39, 0.29) is 11.8 Å². The van der Waals surface area contributed by atoms with E-state index in [1.54, 1.807) is 17.3 Å². The molecule has 0 aromatic carbocycles. The molecule has 3 heteroatoms. The van der Waals surface area contributed by atoms with Crippen LogP contribution in [-0.4, -0.2) is 17.4 Å². The van der Waals surface area contributed by atoms with Crippen molar-refractivity contribution in [1.29, 1.82) is 0 Å². The van der Waals surface area contributed by atoms with Gasteiger partial charge in [-0.15, -0.1) is 12.3 Å². The lowest BCUT2D eigenvalue weighted by molar-refractivity contribution is -0.117. The Hall–Kier alpha value is -1.82. The van der Waals surface area contributed by atoms with Gasteiger partial charge in [-0.3, -0.25) is 9.78 Å². The van der Waals surface area contributed by atoms with Crippen molar-refractivity contribution in [3.05, 3.63) is 24.5 Å². The SMILES string of the molecule is C#CC1CC(=O)N(c2ccncc2)C1. The summed E-state index contributed by atoms with van der Waals surface area (Å²) in [6.45, 7) is 0.624. The van der Waals surface area contributed by atoms with Gasteiger partial charge < -0.3 is 4.90 Å². The summed E-state index contributed by atoms with van der Waals surface area (Å²) in [6, 6.07) is 3.63. The van der Waals surface area contributed by atoms with Crippen molar-refractivity contribution in [3.63, 3.8) is 0 Å². The van der Waals surface area contributed by atoms with Crippen LogP contribution < -0.4 is 4.90 Å². The monoisotopic (exact) mass is 186 g/mol. The van der Waals surface area contributed by atoms with E-state index in [1.165, 1.54) is 0 Å². The van der Waals surface area contributed by atoms with Gasteiger partial charge in [0, 0.05) is 37.0 Å². The highest BCUT2D eigenvalue weighted by molar-refractivity contribution is 5.96. The van der Waals surface area contributed by atoms with E-state index in [4.69, 9.17) is 6.42 Å². The average molecular weight is 186 g/mol. The second kappa shape index (κ2) is 3.51. The molecule has 1 atom stereocenters. The number of carbonyl (C=O) groups is 1. The molecule has 0 bridgehead atoms. The molecule has 1 aromatic rings. The summed E-state index contributed by atoms with van der Waals surface area (Å²) in [5.74, 6) is 2.76. The van der Waals surface area contributed by atoms with Crippen LogP contribution in [0.4, 0.5) is 5.69 Å². The number of anilines is 1. The second-order valence-electron chi connectivity index (χ2n) is 3.28. The Kier molecular flexibility index (Phi) is 2.19. The van der Waals surface area contributed by atoms with E-state index in [1.807, 2.05) is 12.1 Å². The Bertz CT molecular complexity index is 380. The minimum Gasteiger partial charge on any atom is -0.311 e. The van der Waals surface area contributed by atoms with Crippen LogP contribution in [0, 0.1) is 18.3 Å². The molecule has 0 N–H and O–H groups in total. The zero-order chi connectivity index (χ0) is 9.97. The van der Waals surface area contributed by atoms with Crippen molar-refractivity contribution >= 4 is 11.6 Å². The smallest absolute Gasteiger partial charge is 0.228 e. The molecule has 2 heterocycles. The van der Waals surface area contributed by atoms with Crippen molar-refractivity contribution in [2.24, 2.45) is 5.92 Å². The Morgan fingerprint density at radius 2 is 2.21 bits per heavy atom. The Balaban J connectivity index is 2.22. The normalized spacial score (nSPS) is 20.9. The van der Waals surface area contributed by atoms with Crippen molar-refractivity contribution < 1.29 is 4.79 Å². The van der Waals surface area contributed by atoms with E-state index < -0.39 is 0 Å². The van der Waals surface area contributed by atoms with Crippen molar-refractivity contribution in [3.8, 4) is 12.3 Å². The molecular formula is C11H10N2O. The molecule has 1 aromatic heterocycles. The molecule has 2 rings (SSSR count). The van der Waals surface area contributed by atoms with Crippen LogP contribution in [0.5, 0.6) is 0 Å². The van der Waals surface area contributed by atoms with Gasteiger partial charge in [-0.05, 0) is 12.1 Å². The van der Waals surface area contributed by atoms with Gasteiger partial charge in [-0.25, -0.2) is 0 Å². The van der Waals surface area contributed by atoms with Gasteiger partial charge >= 0.3 is 0 Å². The highest BCUT2D eigenvalue weighted by Crippen LogP contribution is 2.23. The van der Waals surface area contributed by atoms with Crippen LogP contribution in [0.2, 0.25) is 0 Å². The topological polar surface area (TPSA) is 33.2 Å². The number of aromatic nitrogens is 1. The predicted octanol–water partition coefficient (Wildman–Crippen LogP) is 1.07. The number of amides is 1. The average Bonchev–Trinajstić information content (AvgIpc) is 2.61. The summed E-state index contributed by atoms with van der Waals surface area (Å²) in [4.78, 5) is 17.2. The third-order valence-electron chi connectivity index (χ3n) is 2.34. The summed E-state index contributed by atoms with van der Waals surface area (Å²) in [6.07, 6.45) is 9.10. The first-order valence-electron chi connectivity index (χ1n) is 4.48. The fourth-order valence-electron chi connectivity index (χ4n) is 1.59. The summed E-state index contributed by atoms with van der Waals surface area (Å²) in [5, 5.41) is 0. The van der Waals surface area contributed by atoms with Gasteiger partial charge in [0.05, 0.1) is 0 Å². The Morgan fingerprint density at radius 1 is 1.50 bits per heavy atom. The summed E-state index contributed by atoms with van der Waals surface area (Å²) >= 11 is 0. The summed E-state index contributed by atoms with van der Waals surface area (Å²) in [5.41, 5.74) is 0.878. The van der Waals surface area contributed by atoms with E-state index in [9.17, 15) is 4.79 Å². The molecule has 1 amide bonds. The number of carbonyl (C=O) groups excluding carboxylic acids is 1. The lowest BCUT2D eigenvalue weighted by Crippen LogP contribution is -2.24. The zero-order valence-corrected chi connectivity index (χ0v) is 7.68. The van der Waals surface area contributed by atoms with Gasteiger partial charge in [0.25, 0.3) is 0 Å². The maximum Gasteiger partial charge on any atom is 0.228 e. The lowest BCUT2D eigenvalue weighted by atomic mass is 10.1. The fraction of sp³-hybridized carbons (Fsp3) is 0.273. The quantitative estimate of drug-likeness (QED) is 0.614. The van der Waals surface area contributed by atoms with Gasteiger partial charge in [0.15, 0.2) is 0 Å². The lowest BCUT2D eigenvalue weighted by Gasteiger charge is -2.14. The van der Waals surface area contributed by atoms with Crippen molar-refractivity contribution in [1.82, 2.24) is 4.98 Å². The Labute approximate surface area is 82.8 Å². The van der Waals surface area contributed by atoms with Crippen LogP contribution in [0.25, 0.3) is 0 Å². The summed E-state index contributed by atoms with van der Waals surface area (Å²) in [7, 11) is 0. The predicted molar refractivity (Wildman–Crippen MR) is 53.5 cm³/mol. The largest absolute Gasteiger partial charge is 0.311 e. The minimum atomic E-state index is 0.0515. The molecule has 1 aliphatic rings. The van der Waals surface area contributed by atoms with E-state index >= 15 is 0 Å². The van der Waals surface area contributed by atoms with E-state index in [2.05, 4.69) is 10.9 Å². The molecule has 3 nitrogen and oxygen atoms in total. The van der Waals surface area contributed by atoms with Crippen LogP contribution in [-0.2, 0) is 4.79 Å². The molecule has 0 aliphatic carbocycles. The molecule has 14 heavy (non-hydrogen) atoms. The third-order valence-corrected chi connectivity index (χ3v) is 2.34. The highest BCUT2D eigenvalue weighted by atomic mass is 16.2. The maximum atomic E-state index is 11.6. The van der Waals surface area contributed by atoms with Gasteiger partial charge in [0.2, 0.25) is 5.91 Å². The first-order chi connectivity index (χ1) is 6.81. The number of pyridine rings is 1. The standard InChI is InChI=1S/C11H10N2O/c1-2-9-7-11(14)13(8-9)10-3-5-12-6-4-10/h1,3-6,9H,7-8H2. The fourth-order valence-corrected chi connectivity index (χ4v) is 1.59. The molecule has 1 saturated heterocycles. The van der Waals surface area contributed by atoms with Gasteiger partial charge in [-0.2, -0.15) is 0 Å². The minimum absolute atomic E-state index is 0.0515. The third kappa shape index (κ3) is 1.47. The first kappa shape index (κ1) is 8.76. The maximum absolute atomic E-state index is 11.6. The molecule has 1 aliphatic heterocycles. The molecule has 0 saturated carbocycles. The molecule has 1 fully saturated rings. The van der Waals surface area contributed by atoms with E-state index in [0.717, 1.165) is 5.69 Å². The number of hydrogen-bond acceptors (Lipinski definition) is 2. The van der Waals surface area contributed by atoms with Gasteiger partial charge in [0.1, 0.15) is 0 Å². The number of rotatable bonds is 1. The second-order valence-corrected chi connectivity index (χ2v) is 3.28. The van der Waals surface area contributed by atoms with Crippen LogP contribution in [0.15, 0.2) is 24.5 Å². The van der Waals surface area contributed by atoms with Crippen LogP contribution in [0.1, 0.15) is 6.42 Å². The number of hydrogen-bond donors (Lipinski definition) is 0. The molecule has 0 radical (unpaired) electrons. The Morgan fingerprint density at radius 3 is 2.79 bits per heavy atom. The molecule has 1 unspecified atom stereocenters.